The van der Waals surface area contributed by atoms with Gasteiger partial charge in [0.15, 0.2) is 0 Å². The second-order valence-electron chi connectivity index (χ2n) is 8.28. The number of thioether (sulfide) groups is 1. The summed E-state index contributed by atoms with van der Waals surface area (Å²) >= 11 is 1.84. The third-order valence-electron chi connectivity index (χ3n) is 6.04. The van der Waals surface area contributed by atoms with Crippen LogP contribution < -0.4 is 10.6 Å². The highest BCUT2D eigenvalue weighted by molar-refractivity contribution is 7.99. The molecular formula is C21H26N4O4S. The summed E-state index contributed by atoms with van der Waals surface area (Å²) in [6.07, 6.45) is 1.81. The van der Waals surface area contributed by atoms with Gasteiger partial charge in [-0.15, -0.1) is 0 Å². The molecule has 1 aromatic carbocycles. The lowest BCUT2D eigenvalue weighted by Gasteiger charge is -2.26. The fourth-order valence-electron chi connectivity index (χ4n) is 4.02. The number of nitrogens with zero attached hydrogens (tertiary/aromatic N) is 2. The van der Waals surface area contributed by atoms with Crippen LogP contribution in [0.15, 0.2) is 18.2 Å². The average Bonchev–Trinajstić information content (AvgIpc) is 3.56. The Labute approximate surface area is 179 Å². The molecule has 2 aliphatic heterocycles. The number of hydrogen-bond acceptors (Lipinski definition) is 5. The van der Waals surface area contributed by atoms with Crippen LogP contribution in [0.2, 0.25) is 0 Å². The Hall–Kier alpha value is -2.55. The van der Waals surface area contributed by atoms with Crippen LogP contribution in [0.25, 0.3) is 0 Å². The molecule has 1 aliphatic carbocycles. The lowest BCUT2D eigenvalue weighted by Crippen LogP contribution is -2.46. The molecule has 1 aromatic rings. The SMILES string of the molecule is Cc1cc(C(=O)N2CCSCC2)ccc1NC(=O)CN1C(=O)NC(C)(C2CC2)C1=O. The number of anilines is 1. The van der Waals surface area contributed by atoms with Gasteiger partial charge in [0, 0.05) is 35.8 Å². The zero-order chi connectivity index (χ0) is 21.5. The highest BCUT2D eigenvalue weighted by atomic mass is 32.2. The van der Waals surface area contributed by atoms with Gasteiger partial charge < -0.3 is 15.5 Å². The summed E-state index contributed by atoms with van der Waals surface area (Å²) in [5.74, 6) is 1.24. The summed E-state index contributed by atoms with van der Waals surface area (Å²) in [5.41, 5.74) is 0.998. The standard InChI is InChI=1S/C21H26N4O4S/c1-13-11-14(18(27)24-7-9-30-10-8-24)3-6-16(13)22-17(26)12-25-19(28)21(2,15-4-5-15)23-20(25)29/h3,6,11,15H,4-5,7-10,12H2,1-2H3,(H,22,26)(H,23,29). The van der Waals surface area contributed by atoms with Gasteiger partial charge in [-0.2, -0.15) is 11.8 Å². The highest BCUT2D eigenvalue weighted by Crippen LogP contribution is 2.42. The van der Waals surface area contributed by atoms with Crippen LogP contribution in [0.5, 0.6) is 0 Å². The van der Waals surface area contributed by atoms with E-state index in [-0.39, 0.29) is 24.3 Å². The molecule has 9 heteroatoms. The average molecular weight is 431 g/mol. The smallest absolute Gasteiger partial charge is 0.325 e. The summed E-state index contributed by atoms with van der Waals surface area (Å²) in [6.45, 7) is 4.69. The third-order valence-corrected chi connectivity index (χ3v) is 6.98. The molecule has 3 aliphatic rings. The van der Waals surface area contributed by atoms with Gasteiger partial charge in [0.1, 0.15) is 12.1 Å². The molecule has 160 valence electrons. The number of nitrogens with one attached hydrogen (secondary N) is 2. The Balaban J connectivity index is 1.39. The van der Waals surface area contributed by atoms with Gasteiger partial charge in [-0.05, 0) is 56.4 Å². The zero-order valence-corrected chi connectivity index (χ0v) is 18.0. The number of hydrogen-bond donors (Lipinski definition) is 2. The van der Waals surface area contributed by atoms with E-state index in [1.165, 1.54) is 0 Å². The van der Waals surface area contributed by atoms with E-state index >= 15 is 0 Å². The van der Waals surface area contributed by atoms with Crippen molar-refractivity contribution < 1.29 is 19.2 Å². The Morgan fingerprint density at radius 3 is 2.57 bits per heavy atom. The molecule has 4 rings (SSSR count). The van der Waals surface area contributed by atoms with E-state index in [0.29, 0.717) is 11.3 Å². The molecule has 5 amide bonds. The molecule has 0 spiro atoms. The van der Waals surface area contributed by atoms with E-state index < -0.39 is 17.5 Å². The van der Waals surface area contributed by atoms with E-state index in [0.717, 1.165) is 47.9 Å². The molecule has 1 saturated carbocycles. The second kappa shape index (κ2) is 7.94. The number of rotatable bonds is 5. The molecule has 1 unspecified atom stereocenters. The van der Waals surface area contributed by atoms with E-state index in [4.69, 9.17) is 0 Å². The minimum Gasteiger partial charge on any atom is -0.337 e. The van der Waals surface area contributed by atoms with Crippen molar-refractivity contribution in [1.29, 1.82) is 0 Å². The summed E-state index contributed by atoms with van der Waals surface area (Å²) in [5, 5.41) is 5.49. The predicted molar refractivity (Wildman–Crippen MR) is 114 cm³/mol. The minimum atomic E-state index is -0.901. The zero-order valence-electron chi connectivity index (χ0n) is 17.2. The van der Waals surface area contributed by atoms with E-state index in [1.54, 1.807) is 25.1 Å². The number of benzene rings is 1. The van der Waals surface area contributed by atoms with Crippen LogP contribution in [-0.4, -0.2) is 70.2 Å². The molecule has 1 atom stereocenters. The lowest BCUT2D eigenvalue weighted by atomic mass is 9.96. The summed E-state index contributed by atoms with van der Waals surface area (Å²) in [6, 6.07) is 4.63. The van der Waals surface area contributed by atoms with Crippen molar-refractivity contribution in [2.75, 3.05) is 36.5 Å². The molecule has 0 aromatic heterocycles. The molecule has 0 radical (unpaired) electrons. The first-order chi connectivity index (χ1) is 14.3. The van der Waals surface area contributed by atoms with Gasteiger partial charge in [-0.1, -0.05) is 0 Å². The number of carbonyl (C=O) groups excluding carboxylic acids is 4. The minimum absolute atomic E-state index is 0.00465. The number of urea groups is 1. The van der Waals surface area contributed by atoms with E-state index in [2.05, 4.69) is 10.6 Å². The van der Waals surface area contributed by atoms with Crippen molar-refractivity contribution in [3.8, 4) is 0 Å². The van der Waals surface area contributed by atoms with Crippen molar-refractivity contribution in [3.63, 3.8) is 0 Å². The fraction of sp³-hybridized carbons (Fsp3) is 0.524. The Morgan fingerprint density at radius 2 is 1.93 bits per heavy atom. The number of aryl methyl sites for hydroxylation is 1. The molecule has 8 nitrogen and oxygen atoms in total. The van der Waals surface area contributed by atoms with Gasteiger partial charge in [-0.25, -0.2) is 4.79 Å². The van der Waals surface area contributed by atoms with Crippen LogP contribution >= 0.6 is 11.8 Å². The van der Waals surface area contributed by atoms with Gasteiger partial charge in [0.05, 0.1) is 0 Å². The Bertz CT molecular complexity index is 910. The Kier molecular flexibility index (Phi) is 5.48. The van der Waals surface area contributed by atoms with E-state index in [9.17, 15) is 19.2 Å². The normalized spacial score (nSPS) is 24.1. The number of amides is 5. The monoisotopic (exact) mass is 430 g/mol. The quantitative estimate of drug-likeness (QED) is 0.695. The predicted octanol–water partition coefficient (Wildman–Crippen LogP) is 1.84. The topological polar surface area (TPSA) is 98.8 Å². The van der Waals surface area contributed by atoms with Crippen molar-refractivity contribution >= 4 is 41.2 Å². The first-order valence-electron chi connectivity index (χ1n) is 10.2. The molecule has 3 fully saturated rings. The van der Waals surface area contributed by atoms with Gasteiger partial charge in [-0.3, -0.25) is 19.3 Å². The van der Waals surface area contributed by atoms with Gasteiger partial charge in [0.25, 0.3) is 11.8 Å². The third kappa shape index (κ3) is 3.90. The molecule has 2 N–H and O–H groups in total. The van der Waals surface area contributed by atoms with Gasteiger partial charge >= 0.3 is 6.03 Å². The molecule has 30 heavy (non-hydrogen) atoms. The van der Waals surface area contributed by atoms with Gasteiger partial charge in [0.2, 0.25) is 5.91 Å². The van der Waals surface area contributed by atoms with Crippen molar-refractivity contribution in [2.45, 2.75) is 32.2 Å². The van der Waals surface area contributed by atoms with Crippen LogP contribution in [0.4, 0.5) is 10.5 Å². The summed E-state index contributed by atoms with van der Waals surface area (Å²) in [7, 11) is 0. The molecule has 2 heterocycles. The lowest BCUT2D eigenvalue weighted by molar-refractivity contribution is -0.134. The Morgan fingerprint density at radius 1 is 1.23 bits per heavy atom. The maximum absolute atomic E-state index is 12.7. The van der Waals surface area contributed by atoms with Crippen LogP contribution in [0, 0.1) is 12.8 Å². The van der Waals surface area contributed by atoms with Crippen LogP contribution in [-0.2, 0) is 9.59 Å². The first kappa shape index (κ1) is 20.7. The summed E-state index contributed by atoms with van der Waals surface area (Å²) in [4.78, 5) is 52.9. The van der Waals surface area contributed by atoms with Crippen LogP contribution in [0.3, 0.4) is 0 Å². The molecular weight excluding hydrogens is 404 g/mol. The fourth-order valence-corrected chi connectivity index (χ4v) is 4.92. The van der Waals surface area contributed by atoms with Crippen molar-refractivity contribution in [2.24, 2.45) is 5.92 Å². The maximum atomic E-state index is 12.7. The highest BCUT2D eigenvalue weighted by Gasteiger charge is 2.56. The van der Waals surface area contributed by atoms with E-state index in [1.807, 2.05) is 23.6 Å². The van der Waals surface area contributed by atoms with Crippen molar-refractivity contribution in [1.82, 2.24) is 15.1 Å². The number of carbonyl (C=O) groups is 4. The maximum Gasteiger partial charge on any atom is 0.325 e. The van der Waals surface area contributed by atoms with Crippen LogP contribution in [0.1, 0.15) is 35.7 Å². The number of imide groups is 1. The molecule has 0 bridgehead atoms. The molecule has 2 saturated heterocycles. The summed E-state index contributed by atoms with van der Waals surface area (Å²) < 4.78 is 0. The second-order valence-corrected chi connectivity index (χ2v) is 9.51. The van der Waals surface area contributed by atoms with Crippen molar-refractivity contribution in [3.05, 3.63) is 29.3 Å². The largest absolute Gasteiger partial charge is 0.337 e. The first-order valence-corrected chi connectivity index (χ1v) is 11.4.